The fraction of sp³-hybridized carbons (Fsp3) is 0.600. The Morgan fingerprint density at radius 1 is 1.64 bits per heavy atom. The Bertz CT molecular complexity index is 318. The van der Waals surface area contributed by atoms with Crippen molar-refractivity contribution in [2.24, 2.45) is 7.05 Å². The van der Waals surface area contributed by atoms with E-state index in [1.165, 1.54) is 0 Å². The van der Waals surface area contributed by atoms with Crippen LogP contribution in [0.1, 0.15) is 18.3 Å². The van der Waals surface area contributed by atoms with E-state index in [-0.39, 0.29) is 12.4 Å². The molecule has 0 bridgehead atoms. The van der Waals surface area contributed by atoms with Crippen molar-refractivity contribution in [3.8, 4) is 0 Å². The lowest BCUT2D eigenvalue weighted by Gasteiger charge is -2.01. The van der Waals surface area contributed by atoms with Crippen LogP contribution in [-0.2, 0) is 23.0 Å². The summed E-state index contributed by atoms with van der Waals surface area (Å²) in [6, 6.07) is 1.92. The fourth-order valence-corrected chi connectivity index (χ4v) is 1.30. The van der Waals surface area contributed by atoms with Crippen LogP contribution in [-0.4, -0.2) is 28.8 Å². The van der Waals surface area contributed by atoms with Crippen LogP contribution >= 0.6 is 0 Å². The molecule has 4 nitrogen and oxygen atoms in total. The molecule has 0 spiro atoms. The number of nitrogens with zero attached hydrogens (tertiary/aromatic N) is 2. The van der Waals surface area contributed by atoms with E-state index >= 15 is 0 Å². The van der Waals surface area contributed by atoms with Gasteiger partial charge in [0.1, 0.15) is 6.61 Å². The molecule has 0 unspecified atom stereocenters. The third-order valence-corrected chi connectivity index (χ3v) is 1.94. The summed E-state index contributed by atoms with van der Waals surface area (Å²) < 4.78 is 6.77. The number of aromatic nitrogens is 2. The van der Waals surface area contributed by atoms with Gasteiger partial charge in [-0.05, 0) is 19.9 Å². The van der Waals surface area contributed by atoms with Crippen LogP contribution in [0.2, 0.25) is 0 Å². The van der Waals surface area contributed by atoms with Crippen LogP contribution in [0, 0.1) is 6.92 Å². The van der Waals surface area contributed by atoms with Gasteiger partial charge in [-0.15, -0.1) is 0 Å². The zero-order valence-corrected chi connectivity index (χ0v) is 8.91. The topological polar surface area (TPSA) is 44.1 Å². The Morgan fingerprint density at radius 2 is 2.36 bits per heavy atom. The van der Waals surface area contributed by atoms with Crippen molar-refractivity contribution in [2.75, 3.05) is 13.2 Å². The smallest absolute Gasteiger partial charge is 0.164 e. The largest absolute Gasteiger partial charge is 0.374 e. The third-order valence-electron chi connectivity index (χ3n) is 1.94. The van der Waals surface area contributed by atoms with Crippen molar-refractivity contribution in [3.63, 3.8) is 0 Å². The molecule has 1 aromatic heterocycles. The van der Waals surface area contributed by atoms with Gasteiger partial charge in [-0.1, -0.05) is 0 Å². The van der Waals surface area contributed by atoms with Crippen molar-refractivity contribution in [2.45, 2.75) is 20.3 Å². The molecule has 0 aliphatic rings. The maximum atomic E-state index is 11.4. The molecule has 0 saturated heterocycles. The zero-order valence-electron chi connectivity index (χ0n) is 8.91. The Labute approximate surface area is 83.9 Å². The molecule has 4 heteroatoms. The van der Waals surface area contributed by atoms with Crippen LogP contribution in [0.5, 0.6) is 0 Å². The van der Waals surface area contributed by atoms with Gasteiger partial charge in [0.05, 0.1) is 12.1 Å². The molecule has 1 aromatic rings. The number of carbonyl (C=O) groups excluding carboxylic acids is 1. The van der Waals surface area contributed by atoms with E-state index in [9.17, 15) is 4.79 Å². The predicted molar refractivity (Wildman–Crippen MR) is 53.1 cm³/mol. The highest BCUT2D eigenvalue weighted by atomic mass is 16.5. The molecule has 0 aromatic carbocycles. The average Bonchev–Trinajstić information content (AvgIpc) is 2.42. The summed E-state index contributed by atoms with van der Waals surface area (Å²) in [7, 11) is 1.84. The highest BCUT2D eigenvalue weighted by Gasteiger charge is 2.07. The van der Waals surface area contributed by atoms with Gasteiger partial charge in [0.2, 0.25) is 0 Å². The van der Waals surface area contributed by atoms with Gasteiger partial charge >= 0.3 is 0 Å². The molecular formula is C10H16N2O2. The normalized spacial score (nSPS) is 10.5. The van der Waals surface area contributed by atoms with E-state index in [0.717, 1.165) is 11.4 Å². The lowest BCUT2D eigenvalue weighted by atomic mass is 10.2. The Morgan fingerprint density at radius 3 is 2.86 bits per heavy atom. The van der Waals surface area contributed by atoms with Gasteiger partial charge in [-0.2, -0.15) is 5.10 Å². The Kier molecular flexibility index (Phi) is 3.83. The first kappa shape index (κ1) is 10.9. The molecule has 0 amide bonds. The second-order valence-corrected chi connectivity index (χ2v) is 3.25. The van der Waals surface area contributed by atoms with Crippen molar-refractivity contribution < 1.29 is 9.53 Å². The number of ketones is 1. The molecule has 0 aliphatic carbocycles. The van der Waals surface area contributed by atoms with Crippen molar-refractivity contribution >= 4 is 5.78 Å². The third kappa shape index (κ3) is 2.96. The Hall–Kier alpha value is -1.16. The molecule has 0 atom stereocenters. The Balaban J connectivity index is 2.51. The highest BCUT2D eigenvalue weighted by molar-refractivity contribution is 5.81. The minimum Gasteiger partial charge on any atom is -0.374 e. The lowest BCUT2D eigenvalue weighted by molar-refractivity contribution is -0.122. The molecule has 1 heterocycles. The minimum absolute atomic E-state index is 0.0925. The van der Waals surface area contributed by atoms with E-state index < -0.39 is 0 Å². The number of aryl methyl sites for hydroxylation is 2. The van der Waals surface area contributed by atoms with E-state index in [4.69, 9.17) is 4.74 Å². The van der Waals surface area contributed by atoms with Crippen LogP contribution < -0.4 is 0 Å². The first-order valence-electron chi connectivity index (χ1n) is 4.72. The summed E-state index contributed by atoms with van der Waals surface area (Å²) >= 11 is 0. The molecule has 78 valence electrons. The van der Waals surface area contributed by atoms with Gasteiger partial charge in [0.25, 0.3) is 0 Å². The van der Waals surface area contributed by atoms with E-state index in [1.807, 2.05) is 27.0 Å². The molecule has 0 fully saturated rings. The highest BCUT2D eigenvalue weighted by Crippen LogP contribution is 2.03. The molecule has 14 heavy (non-hydrogen) atoms. The van der Waals surface area contributed by atoms with Crippen molar-refractivity contribution in [1.29, 1.82) is 0 Å². The molecule has 0 N–H and O–H groups in total. The SMILES string of the molecule is CCOCC(=O)Cc1cc(C)nn1C. The van der Waals surface area contributed by atoms with Gasteiger partial charge in [0, 0.05) is 19.3 Å². The van der Waals surface area contributed by atoms with Crippen molar-refractivity contribution in [1.82, 2.24) is 9.78 Å². The number of hydrogen-bond donors (Lipinski definition) is 0. The monoisotopic (exact) mass is 196 g/mol. The second kappa shape index (κ2) is 4.91. The standard InChI is InChI=1S/C10H16N2O2/c1-4-14-7-10(13)6-9-5-8(2)11-12(9)3/h5H,4,6-7H2,1-3H3. The molecule has 0 aliphatic heterocycles. The summed E-state index contributed by atoms with van der Waals surface area (Å²) in [6.45, 7) is 4.56. The summed E-state index contributed by atoms with van der Waals surface area (Å²) in [5.41, 5.74) is 1.87. The van der Waals surface area contributed by atoms with Gasteiger partial charge < -0.3 is 4.74 Å². The van der Waals surface area contributed by atoms with Gasteiger partial charge in [-0.25, -0.2) is 0 Å². The van der Waals surface area contributed by atoms with Gasteiger partial charge in [0.15, 0.2) is 5.78 Å². The summed E-state index contributed by atoms with van der Waals surface area (Å²) in [5, 5.41) is 4.17. The van der Waals surface area contributed by atoms with Crippen LogP contribution in [0.3, 0.4) is 0 Å². The van der Waals surface area contributed by atoms with E-state index in [0.29, 0.717) is 13.0 Å². The van der Waals surface area contributed by atoms with E-state index in [1.54, 1.807) is 4.68 Å². The summed E-state index contributed by atoms with van der Waals surface area (Å²) in [5.74, 6) is 0.0925. The minimum atomic E-state index is 0.0925. The molecule has 0 saturated carbocycles. The zero-order chi connectivity index (χ0) is 10.6. The number of carbonyl (C=O) groups is 1. The first-order valence-corrected chi connectivity index (χ1v) is 4.72. The summed E-state index contributed by atoms with van der Waals surface area (Å²) in [6.07, 6.45) is 0.400. The van der Waals surface area contributed by atoms with Crippen LogP contribution in [0.25, 0.3) is 0 Å². The number of hydrogen-bond acceptors (Lipinski definition) is 3. The maximum Gasteiger partial charge on any atom is 0.164 e. The predicted octanol–water partition coefficient (Wildman–Crippen LogP) is 0.877. The van der Waals surface area contributed by atoms with E-state index in [2.05, 4.69) is 5.10 Å². The number of rotatable bonds is 5. The number of Topliss-reactive ketones (excluding diaryl/α,β-unsaturated/α-hetero) is 1. The quantitative estimate of drug-likeness (QED) is 0.702. The first-order chi connectivity index (χ1) is 6.63. The van der Waals surface area contributed by atoms with Crippen molar-refractivity contribution in [3.05, 3.63) is 17.5 Å². The molecule has 1 rings (SSSR count). The molecule has 0 radical (unpaired) electrons. The molecular weight excluding hydrogens is 180 g/mol. The fourth-order valence-electron chi connectivity index (χ4n) is 1.30. The average molecular weight is 196 g/mol. The van der Waals surface area contributed by atoms with Crippen LogP contribution in [0.4, 0.5) is 0 Å². The van der Waals surface area contributed by atoms with Crippen LogP contribution in [0.15, 0.2) is 6.07 Å². The second-order valence-electron chi connectivity index (χ2n) is 3.25. The maximum absolute atomic E-state index is 11.4. The number of ether oxygens (including phenoxy) is 1. The van der Waals surface area contributed by atoms with Gasteiger partial charge in [-0.3, -0.25) is 9.48 Å². The summed E-state index contributed by atoms with van der Waals surface area (Å²) in [4.78, 5) is 11.4. The lowest BCUT2D eigenvalue weighted by Crippen LogP contribution is -2.13.